The molecule has 0 fully saturated rings. The zero-order valence-electron chi connectivity index (χ0n) is 16.2. The molecule has 1 unspecified atom stereocenters. The van der Waals surface area contributed by atoms with E-state index in [9.17, 15) is 9.59 Å². The quantitative estimate of drug-likeness (QED) is 0.485. The van der Waals surface area contributed by atoms with Crippen molar-refractivity contribution in [2.75, 3.05) is 5.75 Å². The van der Waals surface area contributed by atoms with Crippen LogP contribution in [0.4, 0.5) is 0 Å². The summed E-state index contributed by atoms with van der Waals surface area (Å²) in [4.78, 5) is 31.4. The van der Waals surface area contributed by atoms with Gasteiger partial charge in [-0.25, -0.2) is 9.67 Å². The van der Waals surface area contributed by atoms with Crippen molar-refractivity contribution >= 4 is 40.0 Å². The van der Waals surface area contributed by atoms with Crippen molar-refractivity contribution in [3.63, 3.8) is 0 Å². The zero-order valence-corrected chi connectivity index (χ0v) is 17.9. The summed E-state index contributed by atoms with van der Waals surface area (Å²) < 4.78 is 3.34. The first-order valence-electron chi connectivity index (χ1n) is 9.59. The molecule has 1 aliphatic heterocycles. The number of thioether (sulfide) groups is 1. The van der Waals surface area contributed by atoms with Gasteiger partial charge in [0, 0.05) is 17.1 Å². The number of nitrogens with one attached hydrogen (secondary N) is 1. The Labute approximate surface area is 180 Å². The minimum atomic E-state index is -0.208. The summed E-state index contributed by atoms with van der Waals surface area (Å²) in [5, 5.41) is 10.4. The maximum Gasteiger partial charge on any atom is 0.265 e. The maximum absolute atomic E-state index is 13.2. The largest absolute Gasteiger partial charge is 0.351 e. The predicted octanol–water partition coefficient (Wildman–Crippen LogP) is 3.31. The molecule has 4 aromatic rings. The van der Waals surface area contributed by atoms with Crippen LogP contribution in [-0.2, 0) is 11.3 Å². The highest BCUT2D eigenvalue weighted by atomic mass is 32.2. The molecule has 5 rings (SSSR count). The van der Waals surface area contributed by atoms with Crippen LogP contribution < -0.4 is 10.9 Å². The number of aromatic nitrogens is 4. The minimum Gasteiger partial charge on any atom is -0.351 e. The average Bonchev–Trinajstić information content (AvgIpc) is 3.48. The Balaban J connectivity index is 1.42. The normalized spacial score (nSPS) is 15.4. The van der Waals surface area contributed by atoms with Gasteiger partial charge in [-0.05, 0) is 30.5 Å². The van der Waals surface area contributed by atoms with Gasteiger partial charge in [0.2, 0.25) is 5.91 Å². The Bertz CT molecular complexity index is 1280. The van der Waals surface area contributed by atoms with E-state index in [1.807, 2.05) is 48.7 Å². The molecule has 1 amide bonds. The van der Waals surface area contributed by atoms with Crippen LogP contribution in [0.25, 0.3) is 16.7 Å². The van der Waals surface area contributed by atoms with Gasteiger partial charge in [-0.2, -0.15) is 5.10 Å². The molecule has 7 nitrogen and oxygen atoms in total. The van der Waals surface area contributed by atoms with E-state index < -0.39 is 0 Å². The lowest BCUT2D eigenvalue weighted by Gasteiger charge is -2.13. The highest BCUT2D eigenvalue weighted by Gasteiger charge is 2.29. The van der Waals surface area contributed by atoms with Crippen LogP contribution >= 0.6 is 23.1 Å². The average molecular weight is 438 g/mol. The van der Waals surface area contributed by atoms with Gasteiger partial charge < -0.3 is 5.32 Å². The zero-order chi connectivity index (χ0) is 20.7. The van der Waals surface area contributed by atoms with Crippen LogP contribution in [0, 0.1) is 6.92 Å². The molecule has 3 aromatic heterocycles. The second-order valence-electron chi connectivity index (χ2n) is 7.22. The molecule has 4 heterocycles. The summed E-state index contributed by atoms with van der Waals surface area (Å²) in [6, 6.07) is 11.7. The number of amides is 1. The SMILES string of the molecule is Cc1ccc(-n2ncc3c(=O)n4c(nc32)SCC4CC(=O)NCc2cccs2)cc1. The topological polar surface area (TPSA) is 81.8 Å². The first-order valence-corrected chi connectivity index (χ1v) is 11.5. The molecule has 0 bridgehead atoms. The van der Waals surface area contributed by atoms with Gasteiger partial charge in [0.15, 0.2) is 10.8 Å². The molecule has 0 aliphatic carbocycles. The highest BCUT2D eigenvalue weighted by molar-refractivity contribution is 7.99. The Morgan fingerprint density at radius 1 is 1.27 bits per heavy atom. The van der Waals surface area contributed by atoms with Gasteiger partial charge in [0.1, 0.15) is 5.39 Å². The summed E-state index contributed by atoms with van der Waals surface area (Å²) in [5.41, 5.74) is 2.42. The van der Waals surface area contributed by atoms with Crippen molar-refractivity contribution in [2.45, 2.75) is 31.1 Å². The predicted molar refractivity (Wildman–Crippen MR) is 118 cm³/mol. The van der Waals surface area contributed by atoms with E-state index in [1.165, 1.54) is 11.8 Å². The number of fused-ring (bicyclic) bond motifs is 2. The number of carbonyl (C=O) groups excluding carboxylic acids is 1. The van der Waals surface area contributed by atoms with Crippen LogP contribution in [0.3, 0.4) is 0 Å². The molecule has 152 valence electrons. The summed E-state index contributed by atoms with van der Waals surface area (Å²) >= 11 is 3.11. The number of hydrogen-bond donors (Lipinski definition) is 1. The molecular weight excluding hydrogens is 418 g/mol. The van der Waals surface area contributed by atoms with E-state index >= 15 is 0 Å². The van der Waals surface area contributed by atoms with Crippen LogP contribution in [0.15, 0.2) is 57.9 Å². The third-order valence-electron chi connectivity index (χ3n) is 5.11. The molecule has 1 aromatic carbocycles. The van der Waals surface area contributed by atoms with E-state index in [0.717, 1.165) is 16.1 Å². The molecule has 30 heavy (non-hydrogen) atoms. The number of aryl methyl sites for hydroxylation is 1. The number of thiophene rings is 1. The number of rotatable bonds is 5. The molecule has 0 radical (unpaired) electrons. The third kappa shape index (κ3) is 3.44. The lowest BCUT2D eigenvalue weighted by atomic mass is 10.2. The Kier molecular flexibility index (Phi) is 4.92. The number of benzene rings is 1. The van der Waals surface area contributed by atoms with E-state index in [0.29, 0.717) is 28.5 Å². The summed E-state index contributed by atoms with van der Waals surface area (Å²) in [6.07, 6.45) is 1.82. The van der Waals surface area contributed by atoms with Gasteiger partial charge in [-0.3, -0.25) is 14.2 Å². The fourth-order valence-electron chi connectivity index (χ4n) is 3.54. The van der Waals surface area contributed by atoms with Gasteiger partial charge in [0.25, 0.3) is 5.56 Å². The third-order valence-corrected chi connectivity index (χ3v) is 7.08. The Morgan fingerprint density at radius 3 is 2.87 bits per heavy atom. The van der Waals surface area contributed by atoms with Crippen molar-refractivity contribution < 1.29 is 4.79 Å². The first kappa shape index (κ1) is 19.1. The van der Waals surface area contributed by atoms with Crippen molar-refractivity contribution in [3.05, 3.63) is 68.8 Å². The Hall–Kier alpha value is -2.91. The van der Waals surface area contributed by atoms with Crippen LogP contribution in [-0.4, -0.2) is 31.0 Å². The van der Waals surface area contributed by atoms with Crippen molar-refractivity contribution in [1.29, 1.82) is 0 Å². The van der Waals surface area contributed by atoms with Gasteiger partial charge in [-0.15, -0.1) is 11.3 Å². The summed E-state index contributed by atoms with van der Waals surface area (Å²) in [6.45, 7) is 2.54. The van der Waals surface area contributed by atoms with Crippen LogP contribution in [0.2, 0.25) is 0 Å². The maximum atomic E-state index is 13.2. The van der Waals surface area contributed by atoms with E-state index in [-0.39, 0.29) is 23.9 Å². The molecule has 1 N–H and O–H groups in total. The molecule has 9 heteroatoms. The molecule has 0 saturated carbocycles. The number of hydrogen-bond acceptors (Lipinski definition) is 6. The monoisotopic (exact) mass is 437 g/mol. The van der Waals surface area contributed by atoms with E-state index in [4.69, 9.17) is 4.98 Å². The summed E-state index contributed by atoms with van der Waals surface area (Å²) in [7, 11) is 0. The van der Waals surface area contributed by atoms with Gasteiger partial charge >= 0.3 is 0 Å². The highest BCUT2D eigenvalue weighted by Crippen LogP contribution is 2.33. The number of carbonyl (C=O) groups is 1. The molecule has 1 atom stereocenters. The second-order valence-corrected chi connectivity index (χ2v) is 9.24. The fourth-order valence-corrected chi connectivity index (χ4v) is 5.32. The standard InChI is InChI=1S/C21H19N5O2S2/c1-13-4-6-14(7-5-13)26-19-17(11-23-26)20(28)25-15(12-30-21(25)24-19)9-18(27)22-10-16-3-2-8-29-16/h2-8,11,15H,9-10,12H2,1H3,(H,22,27). The van der Waals surface area contributed by atoms with E-state index in [1.54, 1.807) is 26.8 Å². The smallest absolute Gasteiger partial charge is 0.265 e. The molecular formula is C21H19N5O2S2. The number of nitrogens with zero attached hydrogens (tertiary/aromatic N) is 4. The van der Waals surface area contributed by atoms with Gasteiger partial charge in [0.05, 0.1) is 24.5 Å². The molecule has 0 spiro atoms. The fraction of sp³-hybridized carbons (Fsp3) is 0.238. The minimum absolute atomic E-state index is 0.0656. The Morgan fingerprint density at radius 2 is 2.10 bits per heavy atom. The lowest BCUT2D eigenvalue weighted by molar-refractivity contribution is -0.121. The molecule has 1 aliphatic rings. The summed E-state index contributed by atoms with van der Waals surface area (Å²) in [5.74, 6) is 0.586. The van der Waals surface area contributed by atoms with Crippen LogP contribution in [0.1, 0.15) is 22.9 Å². The van der Waals surface area contributed by atoms with Gasteiger partial charge in [-0.1, -0.05) is 35.5 Å². The van der Waals surface area contributed by atoms with Crippen LogP contribution in [0.5, 0.6) is 0 Å². The lowest BCUT2D eigenvalue weighted by Crippen LogP contribution is -2.30. The van der Waals surface area contributed by atoms with Crippen molar-refractivity contribution in [1.82, 2.24) is 24.6 Å². The molecule has 0 saturated heterocycles. The van der Waals surface area contributed by atoms with E-state index in [2.05, 4.69) is 10.4 Å². The van der Waals surface area contributed by atoms with Crippen molar-refractivity contribution in [2.24, 2.45) is 0 Å². The first-order chi connectivity index (χ1) is 14.6. The van der Waals surface area contributed by atoms with Crippen molar-refractivity contribution in [3.8, 4) is 5.69 Å². The second kappa shape index (κ2) is 7.73.